The topological polar surface area (TPSA) is 105 Å². The van der Waals surface area contributed by atoms with E-state index in [4.69, 9.17) is 0 Å². The highest BCUT2D eigenvalue weighted by Crippen LogP contribution is 2.43. The van der Waals surface area contributed by atoms with Crippen molar-refractivity contribution in [2.24, 2.45) is 5.10 Å². The van der Waals surface area contributed by atoms with Gasteiger partial charge in [0.15, 0.2) is 0 Å². The highest BCUT2D eigenvalue weighted by Gasteiger charge is 2.66. The van der Waals surface area contributed by atoms with Gasteiger partial charge in [0.05, 0.1) is 4.92 Å². The van der Waals surface area contributed by atoms with Crippen LogP contribution in [0.5, 0.6) is 0 Å². The van der Waals surface area contributed by atoms with Crippen LogP contribution >= 0.6 is 0 Å². The first-order chi connectivity index (χ1) is 11.8. The molecule has 1 N–H and O–H groups in total. The van der Waals surface area contributed by atoms with Crippen molar-refractivity contribution in [3.63, 3.8) is 0 Å². The lowest BCUT2D eigenvalue weighted by Gasteiger charge is -2.36. The van der Waals surface area contributed by atoms with Crippen LogP contribution in [0.4, 0.5) is 27.6 Å². The number of hydrogen-bond donors (Lipinski definition) is 1. The van der Waals surface area contributed by atoms with Gasteiger partial charge in [-0.2, -0.15) is 18.9 Å². The third-order valence-corrected chi connectivity index (χ3v) is 3.35. The van der Waals surface area contributed by atoms with E-state index in [2.05, 4.69) is 9.84 Å². The molecule has 142 valence electrons. The molecule has 1 unspecified atom stereocenters. The molecule has 26 heavy (non-hydrogen) atoms. The summed E-state index contributed by atoms with van der Waals surface area (Å²) in [5.74, 6) is -1.40. The summed E-state index contributed by atoms with van der Waals surface area (Å²) in [7, 11) is 0. The molecule has 1 amide bonds. The number of non-ortho nitro benzene ring substituents is 1. The fourth-order valence-corrected chi connectivity index (χ4v) is 2.24. The van der Waals surface area contributed by atoms with Gasteiger partial charge in [-0.3, -0.25) is 14.9 Å². The molecule has 8 nitrogen and oxygen atoms in total. The Kier molecular flexibility index (Phi) is 4.72. The normalized spacial score (nSPS) is 20.9. The van der Waals surface area contributed by atoms with Crippen LogP contribution in [-0.4, -0.2) is 44.9 Å². The quantitative estimate of drug-likeness (QED) is 0.489. The van der Waals surface area contributed by atoms with E-state index in [0.29, 0.717) is 0 Å². The fourth-order valence-electron chi connectivity index (χ4n) is 2.24. The van der Waals surface area contributed by atoms with Crippen LogP contribution in [0, 0.1) is 10.1 Å². The van der Waals surface area contributed by atoms with Gasteiger partial charge in [-0.25, -0.2) is 4.74 Å². The predicted molar refractivity (Wildman–Crippen MR) is 74.0 cm³/mol. The lowest BCUT2D eigenvalue weighted by molar-refractivity contribution is -0.468. The second-order valence-corrected chi connectivity index (χ2v) is 5.31. The zero-order valence-electron chi connectivity index (χ0n) is 12.8. The largest absolute Gasteiger partial charge is 0.527 e. The summed E-state index contributed by atoms with van der Waals surface area (Å²) in [6.07, 6.45) is -12.1. The Bertz CT molecular complexity index is 764. The number of hydrazone groups is 1. The van der Waals surface area contributed by atoms with Crippen molar-refractivity contribution in [1.29, 1.82) is 0 Å². The monoisotopic (exact) mass is 383 g/mol. The Morgan fingerprint density at radius 1 is 1.31 bits per heavy atom. The number of nitrogens with zero attached hydrogens (tertiary/aromatic N) is 3. The van der Waals surface area contributed by atoms with Crippen LogP contribution in [0.3, 0.4) is 0 Å². The second-order valence-electron chi connectivity index (χ2n) is 5.31. The van der Waals surface area contributed by atoms with E-state index < -0.39 is 46.7 Å². The summed E-state index contributed by atoms with van der Waals surface area (Å²) in [6.45, 7) is 1.11. The Morgan fingerprint density at radius 3 is 2.31 bits per heavy atom. The Hall–Kier alpha value is -2.67. The van der Waals surface area contributed by atoms with E-state index in [9.17, 15) is 42.0 Å². The lowest BCUT2D eigenvalue weighted by Crippen LogP contribution is -2.61. The first kappa shape index (κ1) is 19.7. The number of rotatable bonds is 4. The second kappa shape index (κ2) is 6.25. The van der Waals surface area contributed by atoms with Crippen molar-refractivity contribution in [3.8, 4) is 0 Å². The number of nitro groups is 1. The molecule has 2 rings (SSSR count). The van der Waals surface area contributed by atoms with Gasteiger partial charge < -0.3 is 5.11 Å². The van der Waals surface area contributed by atoms with Crippen LogP contribution in [0.25, 0.3) is 0 Å². The molecule has 1 aliphatic heterocycles. The minimum Gasteiger partial charge on any atom is -0.362 e. The number of benzene rings is 1. The molecule has 0 saturated heterocycles. The molecule has 0 spiro atoms. The molecule has 0 fully saturated rings. The average molecular weight is 383 g/mol. The van der Waals surface area contributed by atoms with Crippen molar-refractivity contribution in [2.45, 2.75) is 31.5 Å². The number of halogens is 5. The maximum Gasteiger partial charge on any atom is 0.527 e. The van der Waals surface area contributed by atoms with E-state index in [-0.39, 0.29) is 10.7 Å². The van der Waals surface area contributed by atoms with Crippen LogP contribution in [0.15, 0.2) is 29.4 Å². The average Bonchev–Trinajstić information content (AvgIpc) is 2.81. The lowest BCUT2D eigenvalue weighted by atomic mass is 10.1. The molecule has 0 aromatic heterocycles. The van der Waals surface area contributed by atoms with Gasteiger partial charge in [-0.15, -0.1) is 13.2 Å². The fraction of sp³-hybridized carbons (Fsp3) is 0.385. The van der Waals surface area contributed by atoms with Crippen LogP contribution in [0.1, 0.15) is 23.7 Å². The molecule has 1 heterocycles. The molecular formula is C13H10F5N3O5. The summed E-state index contributed by atoms with van der Waals surface area (Å²) in [4.78, 5) is 22.1. The smallest absolute Gasteiger partial charge is 0.362 e. The minimum atomic E-state index is -5.79. The number of hydrogen-bond acceptors (Lipinski definition) is 6. The molecule has 1 aromatic rings. The maximum atomic E-state index is 13.9. The number of aliphatic hydroxyl groups is 1. The Labute approximate surface area is 141 Å². The van der Waals surface area contributed by atoms with Gasteiger partial charge in [0.1, 0.15) is 0 Å². The number of carbonyl (C=O) groups is 1. The van der Waals surface area contributed by atoms with Gasteiger partial charge in [0.25, 0.3) is 17.3 Å². The Balaban J connectivity index is 2.38. The van der Waals surface area contributed by atoms with Crippen molar-refractivity contribution in [1.82, 2.24) is 5.01 Å². The van der Waals surface area contributed by atoms with Crippen LogP contribution in [-0.2, 0) is 4.74 Å². The van der Waals surface area contributed by atoms with Gasteiger partial charge in [-0.05, 0) is 19.1 Å². The van der Waals surface area contributed by atoms with Gasteiger partial charge in [-0.1, -0.05) is 0 Å². The molecule has 0 bridgehead atoms. The van der Waals surface area contributed by atoms with Crippen molar-refractivity contribution < 1.29 is 41.5 Å². The third-order valence-electron chi connectivity index (χ3n) is 3.35. The summed E-state index contributed by atoms with van der Waals surface area (Å²) in [6, 6.07) is 3.52. The molecule has 0 aliphatic carbocycles. The highest BCUT2D eigenvalue weighted by atomic mass is 19.4. The van der Waals surface area contributed by atoms with Crippen molar-refractivity contribution >= 4 is 17.3 Å². The first-order valence-corrected chi connectivity index (χ1v) is 6.77. The Morgan fingerprint density at radius 2 is 1.85 bits per heavy atom. The molecule has 0 radical (unpaired) electrons. The summed E-state index contributed by atoms with van der Waals surface area (Å²) in [5, 5.41) is 23.8. The van der Waals surface area contributed by atoms with Crippen LogP contribution in [0.2, 0.25) is 0 Å². The maximum absolute atomic E-state index is 13.9. The zero-order chi connectivity index (χ0) is 19.9. The van der Waals surface area contributed by atoms with E-state index in [1.165, 1.54) is 0 Å². The molecular weight excluding hydrogens is 373 g/mol. The standard InChI is InChI=1S/C13H10F5N3O5/c1-7-6-11(23,12(14,15)26-13(16,17)18)20(19-7)10(22)8-2-4-9(5-3-8)21(24)25/h2-5,23H,6H2,1H3. The number of amides is 1. The van der Waals surface area contributed by atoms with Gasteiger partial charge >= 0.3 is 12.5 Å². The number of alkyl halides is 5. The predicted octanol–water partition coefficient (Wildman–Crippen LogP) is 2.63. The van der Waals surface area contributed by atoms with Gasteiger partial charge in [0, 0.05) is 29.8 Å². The minimum absolute atomic E-state index is 0.227. The number of ether oxygens (including phenoxy) is 1. The SMILES string of the molecule is CC1=NN(C(=O)c2ccc([N+](=O)[O-])cc2)C(O)(C(F)(F)OC(F)(F)F)C1. The molecule has 1 atom stereocenters. The zero-order valence-corrected chi connectivity index (χ0v) is 12.8. The van der Waals surface area contributed by atoms with E-state index in [1.807, 2.05) is 0 Å². The summed E-state index contributed by atoms with van der Waals surface area (Å²) < 4.78 is 67.2. The summed E-state index contributed by atoms with van der Waals surface area (Å²) in [5.41, 5.74) is -4.82. The molecule has 1 aliphatic rings. The molecule has 13 heteroatoms. The molecule has 0 saturated carbocycles. The van der Waals surface area contributed by atoms with Crippen LogP contribution < -0.4 is 0 Å². The number of nitro benzene ring substituents is 1. The van der Waals surface area contributed by atoms with E-state index in [0.717, 1.165) is 31.2 Å². The highest BCUT2D eigenvalue weighted by molar-refractivity contribution is 5.98. The summed E-state index contributed by atoms with van der Waals surface area (Å²) >= 11 is 0. The first-order valence-electron chi connectivity index (χ1n) is 6.77. The van der Waals surface area contributed by atoms with Gasteiger partial charge in [0.2, 0.25) is 0 Å². The third kappa shape index (κ3) is 3.62. The van der Waals surface area contributed by atoms with Crippen molar-refractivity contribution in [3.05, 3.63) is 39.9 Å². The van der Waals surface area contributed by atoms with E-state index >= 15 is 0 Å². The van der Waals surface area contributed by atoms with Crippen molar-refractivity contribution in [2.75, 3.05) is 0 Å². The molecule has 1 aromatic carbocycles. The van der Waals surface area contributed by atoms with E-state index in [1.54, 1.807) is 0 Å². The number of carbonyl (C=O) groups excluding carboxylic acids is 1.